The van der Waals surface area contributed by atoms with E-state index in [1.807, 2.05) is 45.0 Å². The molecule has 3 N–H and O–H groups in total. The Labute approximate surface area is 200 Å². The molecule has 0 bridgehead atoms. The maximum Gasteiger partial charge on any atom is 0.407 e. The molecule has 0 aromatic heterocycles. The number of rotatable bonds is 11. The highest BCUT2D eigenvalue weighted by Gasteiger charge is 2.31. The molecule has 0 spiro atoms. The molecule has 7 nitrogen and oxygen atoms in total. The predicted molar refractivity (Wildman–Crippen MR) is 131 cm³/mol. The van der Waals surface area contributed by atoms with E-state index in [9.17, 15) is 14.4 Å². The molecule has 3 unspecified atom stereocenters. The molecule has 3 rings (SSSR count). The van der Waals surface area contributed by atoms with E-state index < -0.39 is 18.1 Å². The molecule has 0 radical (unpaired) electrons. The molecule has 2 aromatic rings. The van der Waals surface area contributed by atoms with Crippen molar-refractivity contribution < 1.29 is 24.2 Å². The standard InChI is InChI=1S/C27H34N2O5/c1-4-17(2)25(26(32)28-18(3)10-9-15-24(30)31)29-27(33)34-16-23-21-13-7-5-11-19(21)20-12-6-8-14-22(20)23/h5-8,11-14,17-18,23,25H,4,9-10,15-16H2,1-3H3,(H,28,32)(H,29,33)(H,30,31). The van der Waals surface area contributed by atoms with Crippen LogP contribution in [-0.2, 0) is 14.3 Å². The monoisotopic (exact) mass is 466 g/mol. The maximum atomic E-state index is 12.9. The Morgan fingerprint density at radius 2 is 1.56 bits per heavy atom. The molecule has 0 fully saturated rings. The number of carboxylic acids is 1. The first-order chi connectivity index (χ1) is 16.3. The van der Waals surface area contributed by atoms with E-state index in [4.69, 9.17) is 9.84 Å². The zero-order valence-electron chi connectivity index (χ0n) is 20.0. The minimum atomic E-state index is -0.854. The SMILES string of the molecule is CCC(C)C(NC(=O)OCC1c2ccccc2-c2ccccc21)C(=O)NC(C)CCCC(=O)O. The minimum Gasteiger partial charge on any atom is -0.481 e. The van der Waals surface area contributed by atoms with Crippen LogP contribution in [0.25, 0.3) is 11.1 Å². The molecular formula is C27H34N2O5. The molecule has 2 aromatic carbocycles. The van der Waals surface area contributed by atoms with E-state index in [2.05, 4.69) is 34.9 Å². The topological polar surface area (TPSA) is 105 Å². The first kappa shape index (κ1) is 25.3. The fourth-order valence-electron chi connectivity index (χ4n) is 4.43. The average molecular weight is 467 g/mol. The molecule has 2 amide bonds. The van der Waals surface area contributed by atoms with E-state index in [-0.39, 0.29) is 36.8 Å². The normalized spacial score (nSPS) is 14.9. The Morgan fingerprint density at radius 1 is 0.971 bits per heavy atom. The van der Waals surface area contributed by atoms with Crippen molar-refractivity contribution in [2.75, 3.05) is 6.61 Å². The average Bonchev–Trinajstić information content (AvgIpc) is 3.14. The number of carbonyl (C=O) groups excluding carboxylic acids is 2. The fraction of sp³-hybridized carbons (Fsp3) is 0.444. The van der Waals surface area contributed by atoms with Crippen LogP contribution in [-0.4, -0.2) is 41.8 Å². The highest BCUT2D eigenvalue weighted by molar-refractivity contribution is 5.86. The summed E-state index contributed by atoms with van der Waals surface area (Å²) in [4.78, 5) is 36.3. The van der Waals surface area contributed by atoms with E-state index in [0.717, 1.165) is 22.3 Å². The number of carbonyl (C=O) groups is 3. The lowest BCUT2D eigenvalue weighted by Crippen LogP contribution is -2.52. The van der Waals surface area contributed by atoms with Gasteiger partial charge in [0.05, 0.1) is 0 Å². The van der Waals surface area contributed by atoms with Gasteiger partial charge in [0.1, 0.15) is 12.6 Å². The van der Waals surface area contributed by atoms with Crippen LogP contribution in [0.2, 0.25) is 0 Å². The molecule has 0 saturated carbocycles. The fourth-order valence-corrected chi connectivity index (χ4v) is 4.43. The van der Waals surface area contributed by atoms with Gasteiger partial charge in [-0.25, -0.2) is 4.79 Å². The van der Waals surface area contributed by atoms with Crippen LogP contribution in [0.1, 0.15) is 63.5 Å². The Bertz CT molecular complexity index is 976. The summed E-state index contributed by atoms with van der Waals surface area (Å²) in [7, 11) is 0. The third-order valence-corrected chi connectivity index (χ3v) is 6.53. The number of carboxylic acid groups (broad SMARTS) is 1. The molecule has 7 heteroatoms. The number of hydrogen-bond donors (Lipinski definition) is 3. The van der Waals surface area contributed by atoms with E-state index in [1.54, 1.807) is 0 Å². The van der Waals surface area contributed by atoms with Crippen LogP contribution in [0.5, 0.6) is 0 Å². The Hall–Kier alpha value is -3.35. The summed E-state index contributed by atoms with van der Waals surface area (Å²) in [6, 6.07) is 15.3. The highest BCUT2D eigenvalue weighted by Crippen LogP contribution is 2.44. The van der Waals surface area contributed by atoms with Gasteiger partial charge in [0.2, 0.25) is 5.91 Å². The van der Waals surface area contributed by atoms with Gasteiger partial charge in [0.15, 0.2) is 0 Å². The van der Waals surface area contributed by atoms with E-state index in [0.29, 0.717) is 19.3 Å². The number of benzene rings is 2. The van der Waals surface area contributed by atoms with Gasteiger partial charge in [-0.3, -0.25) is 9.59 Å². The van der Waals surface area contributed by atoms with Crippen molar-refractivity contribution >= 4 is 18.0 Å². The van der Waals surface area contributed by atoms with E-state index in [1.165, 1.54) is 0 Å². The summed E-state index contributed by atoms with van der Waals surface area (Å²) in [5, 5.41) is 14.4. The largest absolute Gasteiger partial charge is 0.481 e. The molecule has 182 valence electrons. The highest BCUT2D eigenvalue weighted by atomic mass is 16.5. The predicted octanol–water partition coefficient (Wildman–Crippen LogP) is 4.70. The molecule has 1 aliphatic rings. The van der Waals surface area contributed by atoms with Crippen LogP contribution < -0.4 is 10.6 Å². The number of amides is 2. The van der Waals surface area contributed by atoms with Crippen LogP contribution >= 0.6 is 0 Å². The van der Waals surface area contributed by atoms with E-state index >= 15 is 0 Å². The van der Waals surface area contributed by atoms with Gasteiger partial charge in [-0.2, -0.15) is 0 Å². The second-order valence-electron chi connectivity index (χ2n) is 9.03. The number of fused-ring (bicyclic) bond motifs is 3. The Morgan fingerprint density at radius 3 is 2.12 bits per heavy atom. The van der Waals surface area contributed by atoms with Crippen molar-refractivity contribution in [1.29, 1.82) is 0 Å². The van der Waals surface area contributed by atoms with Gasteiger partial charge in [0.25, 0.3) is 0 Å². The zero-order chi connectivity index (χ0) is 24.7. The lowest BCUT2D eigenvalue weighted by atomic mass is 9.97. The summed E-state index contributed by atoms with van der Waals surface area (Å²) in [6.45, 7) is 5.88. The lowest BCUT2D eigenvalue weighted by molar-refractivity contribution is -0.137. The van der Waals surface area contributed by atoms with Crippen molar-refractivity contribution in [3.8, 4) is 11.1 Å². The molecule has 1 aliphatic carbocycles. The second kappa shape index (κ2) is 11.7. The number of ether oxygens (including phenoxy) is 1. The second-order valence-corrected chi connectivity index (χ2v) is 9.03. The smallest absolute Gasteiger partial charge is 0.407 e. The summed E-state index contributed by atoms with van der Waals surface area (Å²) in [5.74, 6) is -1.28. The number of alkyl carbamates (subject to hydrolysis) is 1. The number of hydrogen-bond acceptors (Lipinski definition) is 4. The summed E-state index contributed by atoms with van der Waals surface area (Å²) < 4.78 is 5.62. The summed E-state index contributed by atoms with van der Waals surface area (Å²) in [6.07, 6.45) is 1.17. The first-order valence-electron chi connectivity index (χ1n) is 12.0. The van der Waals surface area contributed by atoms with Crippen LogP contribution in [0, 0.1) is 5.92 Å². The van der Waals surface area contributed by atoms with Gasteiger partial charge in [-0.1, -0.05) is 68.8 Å². The third kappa shape index (κ3) is 6.16. The van der Waals surface area contributed by atoms with Crippen LogP contribution in [0.15, 0.2) is 48.5 Å². The molecule has 0 heterocycles. The van der Waals surface area contributed by atoms with Gasteiger partial charge in [-0.15, -0.1) is 0 Å². The Balaban J connectivity index is 1.60. The summed E-state index contributed by atoms with van der Waals surface area (Å²) >= 11 is 0. The number of nitrogens with one attached hydrogen (secondary N) is 2. The van der Waals surface area contributed by atoms with Crippen LogP contribution in [0.3, 0.4) is 0 Å². The molecule has 0 aliphatic heterocycles. The Kier molecular flexibility index (Phi) is 8.68. The third-order valence-electron chi connectivity index (χ3n) is 6.53. The van der Waals surface area contributed by atoms with Gasteiger partial charge in [-0.05, 0) is 47.9 Å². The van der Waals surface area contributed by atoms with Gasteiger partial charge >= 0.3 is 12.1 Å². The zero-order valence-corrected chi connectivity index (χ0v) is 20.0. The minimum absolute atomic E-state index is 0.0525. The molecule has 34 heavy (non-hydrogen) atoms. The van der Waals surface area contributed by atoms with Gasteiger partial charge < -0.3 is 20.5 Å². The van der Waals surface area contributed by atoms with Crippen molar-refractivity contribution in [1.82, 2.24) is 10.6 Å². The molecular weight excluding hydrogens is 432 g/mol. The maximum absolute atomic E-state index is 12.9. The molecule has 0 saturated heterocycles. The quantitative estimate of drug-likeness (QED) is 0.445. The van der Waals surface area contributed by atoms with Crippen molar-refractivity contribution in [3.05, 3.63) is 59.7 Å². The van der Waals surface area contributed by atoms with Crippen molar-refractivity contribution in [2.45, 2.75) is 64.5 Å². The van der Waals surface area contributed by atoms with Crippen molar-refractivity contribution in [3.63, 3.8) is 0 Å². The number of aliphatic carboxylic acids is 1. The summed E-state index contributed by atoms with van der Waals surface area (Å²) in [5.41, 5.74) is 4.56. The molecule has 3 atom stereocenters. The lowest BCUT2D eigenvalue weighted by Gasteiger charge is -2.25. The van der Waals surface area contributed by atoms with Crippen molar-refractivity contribution in [2.24, 2.45) is 5.92 Å². The first-order valence-corrected chi connectivity index (χ1v) is 12.0. The van der Waals surface area contributed by atoms with Gasteiger partial charge in [0, 0.05) is 18.4 Å². The van der Waals surface area contributed by atoms with Crippen LogP contribution in [0.4, 0.5) is 4.79 Å².